The molecule has 3 aliphatic rings. The molecule has 4 heterocycles. The van der Waals surface area contributed by atoms with Gasteiger partial charge >= 0.3 is 0 Å². The predicted molar refractivity (Wildman–Crippen MR) is 132 cm³/mol. The van der Waals surface area contributed by atoms with Crippen molar-refractivity contribution in [3.05, 3.63) is 58.4 Å². The zero-order chi connectivity index (χ0) is 24.5. The van der Waals surface area contributed by atoms with Crippen molar-refractivity contribution < 1.29 is 14.3 Å². The number of carbonyl (C=O) groups is 1. The summed E-state index contributed by atoms with van der Waals surface area (Å²) in [6, 6.07) is 5.47. The van der Waals surface area contributed by atoms with Crippen LogP contribution in [0.3, 0.4) is 0 Å². The number of nitrogens with zero attached hydrogens (tertiary/aromatic N) is 3. The molecule has 0 aromatic carbocycles. The van der Waals surface area contributed by atoms with Gasteiger partial charge in [0.25, 0.3) is 11.5 Å². The smallest absolute Gasteiger partial charge is 0.274 e. The van der Waals surface area contributed by atoms with Gasteiger partial charge in [-0.1, -0.05) is 6.92 Å². The van der Waals surface area contributed by atoms with Crippen molar-refractivity contribution in [2.24, 2.45) is 5.92 Å². The van der Waals surface area contributed by atoms with Gasteiger partial charge in [0.1, 0.15) is 17.1 Å². The van der Waals surface area contributed by atoms with E-state index in [1.54, 1.807) is 29.1 Å². The van der Waals surface area contributed by atoms with Crippen LogP contribution < -0.4 is 15.6 Å². The van der Waals surface area contributed by atoms with Gasteiger partial charge in [0.05, 0.1) is 29.6 Å². The normalized spacial score (nSPS) is 29.2. The Bertz CT molecular complexity index is 1380. The van der Waals surface area contributed by atoms with E-state index in [-0.39, 0.29) is 40.3 Å². The molecule has 0 spiro atoms. The number of ether oxygens (including phenoxy) is 2. The van der Waals surface area contributed by atoms with Crippen LogP contribution in [0.2, 0.25) is 0 Å². The van der Waals surface area contributed by atoms with E-state index in [0.717, 1.165) is 37.0 Å². The van der Waals surface area contributed by atoms with E-state index in [1.165, 1.54) is 0 Å². The molecule has 1 saturated heterocycles. The van der Waals surface area contributed by atoms with Crippen LogP contribution in [0.15, 0.2) is 41.6 Å². The molecule has 8 heteroatoms. The second-order valence-corrected chi connectivity index (χ2v) is 11.2. The van der Waals surface area contributed by atoms with E-state index >= 15 is 0 Å². The van der Waals surface area contributed by atoms with Gasteiger partial charge in [0, 0.05) is 36.1 Å². The van der Waals surface area contributed by atoms with Crippen molar-refractivity contribution >= 4 is 17.2 Å². The lowest BCUT2D eigenvalue weighted by molar-refractivity contribution is -0.00627. The van der Waals surface area contributed by atoms with E-state index in [0.29, 0.717) is 23.8 Å². The summed E-state index contributed by atoms with van der Waals surface area (Å²) in [5.41, 5.74) is 2.04. The van der Waals surface area contributed by atoms with Gasteiger partial charge in [0.2, 0.25) is 0 Å². The first-order chi connectivity index (χ1) is 16.7. The lowest BCUT2D eigenvalue weighted by atomic mass is 9.84. The summed E-state index contributed by atoms with van der Waals surface area (Å²) in [4.78, 5) is 31.3. The summed E-state index contributed by atoms with van der Waals surface area (Å²) < 4.78 is 15.7. The zero-order valence-electron chi connectivity index (χ0n) is 20.7. The Hall–Kier alpha value is -3.13. The Morgan fingerprint density at radius 1 is 1.31 bits per heavy atom. The van der Waals surface area contributed by atoms with E-state index in [4.69, 9.17) is 14.5 Å². The summed E-state index contributed by atoms with van der Waals surface area (Å²) >= 11 is 0. The molecular weight excluding hydrogens is 444 g/mol. The highest BCUT2D eigenvalue weighted by Crippen LogP contribution is 2.53. The predicted octanol–water partition coefficient (Wildman–Crippen LogP) is 4.33. The largest absolute Gasteiger partial charge is 0.490 e. The summed E-state index contributed by atoms with van der Waals surface area (Å²) in [7, 11) is 0. The second-order valence-electron chi connectivity index (χ2n) is 11.2. The van der Waals surface area contributed by atoms with E-state index in [1.807, 2.05) is 30.5 Å². The standard InChI is InChI=1S/C27H32N4O4/c1-16(2)35-21-11-23-29-22(27-8-7-26(4,14-27)34-15-27)13-30(23)12-18(21)24(32)28-19-6-5-9-31(25(19)33)20-10-17(20)3/h5-6,9,11-13,16-17,20H,7-8,10,14-15H2,1-4H3,(H,28,32)/t17-,20?,26+,27+/m1/s1. The van der Waals surface area contributed by atoms with E-state index in [2.05, 4.69) is 19.2 Å². The summed E-state index contributed by atoms with van der Waals surface area (Å²) in [6.07, 6.45) is 9.46. The minimum absolute atomic E-state index is 0.0619. The quantitative estimate of drug-likeness (QED) is 0.572. The molecule has 3 aromatic rings. The average Bonchev–Trinajstić information content (AvgIpc) is 3.12. The highest BCUT2D eigenvalue weighted by molar-refractivity contribution is 6.06. The number of hydrogen-bond donors (Lipinski definition) is 1. The number of hydrogen-bond acceptors (Lipinski definition) is 5. The number of fused-ring (bicyclic) bond motifs is 3. The molecule has 184 valence electrons. The van der Waals surface area contributed by atoms with E-state index < -0.39 is 0 Å². The molecular formula is C27H32N4O4. The van der Waals surface area contributed by atoms with Gasteiger partial charge in [-0.2, -0.15) is 0 Å². The zero-order valence-corrected chi connectivity index (χ0v) is 20.7. The van der Waals surface area contributed by atoms with Crippen molar-refractivity contribution in [3.63, 3.8) is 0 Å². The molecule has 0 radical (unpaired) electrons. The van der Waals surface area contributed by atoms with Gasteiger partial charge in [-0.05, 0) is 64.5 Å². The number of amides is 1. The number of imidazole rings is 1. The Kier molecular flexibility index (Phi) is 4.90. The van der Waals surface area contributed by atoms with Gasteiger partial charge in [0.15, 0.2) is 0 Å². The molecule has 2 saturated carbocycles. The van der Waals surface area contributed by atoms with Gasteiger partial charge in [-0.15, -0.1) is 0 Å². The third-order valence-corrected chi connectivity index (χ3v) is 7.89. The fourth-order valence-electron chi connectivity index (χ4n) is 5.79. The minimum atomic E-state index is -0.382. The second kappa shape index (κ2) is 7.68. The first-order valence-corrected chi connectivity index (χ1v) is 12.5. The van der Waals surface area contributed by atoms with Crippen LogP contribution in [-0.2, 0) is 10.2 Å². The van der Waals surface area contributed by atoms with E-state index in [9.17, 15) is 9.59 Å². The highest BCUT2D eigenvalue weighted by atomic mass is 16.5. The minimum Gasteiger partial charge on any atom is -0.490 e. The molecule has 3 aromatic heterocycles. The molecule has 1 unspecified atom stereocenters. The van der Waals surface area contributed by atoms with Crippen molar-refractivity contribution in [3.8, 4) is 5.75 Å². The molecule has 35 heavy (non-hydrogen) atoms. The Morgan fingerprint density at radius 3 is 2.74 bits per heavy atom. The molecule has 1 aliphatic heterocycles. The number of nitrogens with one attached hydrogen (secondary N) is 1. The molecule has 8 nitrogen and oxygen atoms in total. The Balaban J connectivity index is 1.35. The van der Waals surface area contributed by atoms with Crippen LogP contribution in [0, 0.1) is 5.92 Å². The Labute approximate surface area is 204 Å². The van der Waals surface area contributed by atoms with Crippen LogP contribution in [0.25, 0.3) is 5.65 Å². The molecule has 6 rings (SSSR count). The lowest BCUT2D eigenvalue weighted by Crippen LogP contribution is -2.26. The first-order valence-electron chi connectivity index (χ1n) is 12.5. The number of pyridine rings is 2. The van der Waals surface area contributed by atoms with Crippen molar-refractivity contribution in [1.29, 1.82) is 0 Å². The number of anilines is 1. The number of aromatic nitrogens is 3. The summed E-state index contributed by atoms with van der Waals surface area (Å²) in [5.74, 6) is 0.544. The van der Waals surface area contributed by atoms with Gasteiger partial charge in [-0.25, -0.2) is 4.98 Å². The molecule has 2 aliphatic carbocycles. The van der Waals surface area contributed by atoms with Gasteiger partial charge in [-0.3, -0.25) is 9.59 Å². The highest BCUT2D eigenvalue weighted by Gasteiger charge is 2.55. The third kappa shape index (κ3) is 3.75. The van der Waals surface area contributed by atoms with Crippen LogP contribution in [0.5, 0.6) is 5.75 Å². The SMILES string of the molecule is CC(C)Oc1cc2nc([C@@]34CC[C@@](C)(C3)OC4)cn2cc1C(=O)Nc1cccn(C2C[C@H]2C)c1=O. The maximum absolute atomic E-state index is 13.4. The maximum Gasteiger partial charge on any atom is 0.274 e. The number of carbonyl (C=O) groups excluding carboxylic acids is 1. The molecule has 1 N–H and O–H groups in total. The molecule has 3 fully saturated rings. The summed E-state index contributed by atoms with van der Waals surface area (Å²) in [5, 5.41) is 2.83. The van der Waals surface area contributed by atoms with Crippen LogP contribution >= 0.6 is 0 Å². The van der Waals surface area contributed by atoms with Crippen molar-refractivity contribution in [2.45, 2.75) is 76.5 Å². The molecule has 2 bridgehead atoms. The summed E-state index contributed by atoms with van der Waals surface area (Å²) in [6.45, 7) is 8.81. The fourth-order valence-corrected chi connectivity index (χ4v) is 5.79. The first kappa shape index (κ1) is 22.3. The van der Waals surface area contributed by atoms with Gasteiger partial charge < -0.3 is 23.8 Å². The topological polar surface area (TPSA) is 86.9 Å². The van der Waals surface area contributed by atoms with Crippen molar-refractivity contribution in [1.82, 2.24) is 14.0 Å². The monoisotopic (exact) mass is 476 g/mol. The molecule has 1 amide bonds. The van der Waals surface area contributed by atoms with Crippen molar-refractivity contribution in [2.75, 3.05) is 11.9 Å². The number of rotatable bonds is 6. The van der Waals surface area contributed by atoms with Crippen LogP contribution in [0.4, 0.5) is 5.69 Å². The Morgan fingerprint density at radius 2 is 2.11 bits per heavy atom. The molecule has 4 atom stereocenters. The maximum atomic E-state index is 13.4. The van der Waals surface area contributed by atoms with Crippen LogP contribution in [0.1, 0.15) is 75.5 Å². The van der Waals surface area contributed by atoms with Crippen LogP contribution in [-0.4, -0.2) is 38.2 Å². The lowest BCUT2D eigenvalue weighted by Gasteiger charge is -2.24. The third-order valence-electron chi connectivity index (χ3n) is 7.89. The average molecular weight is 477 g/mol. The fraction of sp³-hybridized carbons (Fsp3) is 0.519.